The number of hydrogen-bond donors (Lipinski definition) is 2. The van der Waals surface area contributed by atoms with Gasteiger partial charge in [-0.1, -0.05) is 36.4 Å². The van der Waals surface area contributed by atoms with Crippen LogP contribution in [0.3, 0.4) is 0 Å². The topological polar surface area (TPSA) is 62.2 Å². The molecule has 180 valence electrons. The minimum absolute atomic E-state index is 0.201. The molecule has 2 bridgehead atoms. The third-order valence-electron chi connectivity index (χ3n) is 9.50. The van der Waals surface area contributed by atoms with Crippen LogP contribution in [0.1, 0.15) is 55.2 Å². The fourth-order valence-electron chi connectivity index (χ4n) is 7.90. The summed E-state index contributed by atoms with van der Waals surface area (Å²) >= 11 is 0. The van der Waals surface area contributed by atoms with Crippen LogP contribution in [0.25, 0.3) is 0 Å². The molecule has 5 aliphatic rings. The summed E-state index contributed by atoms with van der Waals surface area (Å²) in [5.41, 5.74) is 3.00. The molecule has 3 fully saturated rings. The van der Waals surface area contributed by atoms with Crippen LogP contribution in [0, 0.1) is 5.92 Å². The van der Waals surface area contributed by atoms with Crippen molar-refractivity contribution in [3.8, 4) is 11.5 Å². The van der Waals surface area contributed by atoms with Gasteiger partial charge in [-0.3, -0.25) is 4.90 Å². The van der Waals surface area contributed by atoms with E-state index in [0.29, 0.717) is 24.8 Å². The first-order valence-corrected chi connectivity index (χ1v) is 13.2. The number of aryl methyl sites for hydroxylation is 1. The van der Waals surface area contributed by atoms with Gasteiger partial charge >= 0.3 is 0 Å². The van der Waals surface area contributed by atoms with E-state index in [1.165, 1.54) is 24.0 Å². The number of benzene rings is 2. The maximum atomic E-state index is 11.2. The van der Waals surface area contributed by atoms with E-state index in [-0.39, 0.29) is 22.9 Å². The Hall–Kier alpha value is -2.08. The maximum absolute atomic E-state index is 11.2. The SMILES string of the molecule is Oc1ccc2c3c1O[C@H]1[C@H](O)CC[C@@]4(OCCCc5ccccc5)C(C2)N(CC2CC2)CC[C@]314. The molecular weight excluding hydrogens is 426 g/mol. The zero-order chi connectivity index (χ0) is 22.9. The number of nitrogens with zero attached hydrogens (tertiary/aromatic N) is 1. The first-order valence-electron chi connectivity index (χ1n) is 13.2. The van der Waals surface area contributed by atoms with Crippen LogP contribution >= 0.6 is 0 Å². The van der Waals surface area contributed by atoms with E-state index >= 15 is 0 Å². The average Bonchev–Trinajstić information content (AvgIpc) is 3.59. The molecule has 1 unspecified atom stereocenters. The second kappa shape index (κ2) is 7.71. The maximum Gasteiger partial charge on any atom is 0.165 e. The molecule has 5 nitrogen and oxygen atoms in total. The van der Waals surface area contributed by atoms with Gasteiger partial charge < -0.3 is 19.7 Å². The Labute approximate surface area is 201 Å². The number of phenolic OH excluding ortho intramolecular Hbond substituents is 1. The second-order valence-corrected chi connectivity index (χ2v) is 11.3. The molecule has 1 spiro atoms. The van der Waals surface area contributed by atoms with Crippen LogP contribution in [-0.4, -0.2) is 58.7 Å². The summed E-state index contributed by atoms with van der Waals surface area (Å²) in [5.74, 6) is 1.63. The molecule has 2 saturated carbocycles. The Morgan fingerprint density at radius 2 is 1.91 bits per heavy atom. The molecule has 0 aromatic heterocycles. The number of ether oxygens (including phenoxy) is 2. The molecule has 3 aliphatic carbocycles. The van der Waals surface area contributed by atoms with Crippen LogP contribution < -0.4 is 4.74 Å². The lowest BCUT2D eigenvalue weighted by Crippen LogP contribution is -2.78. The number of phenols is 1. The summed E-state index contributed by atoms with van der Waals surface area (Å²) in [6.07, 6.45) is 7.18. The van der Waals surface area contributed by atoms with E-state index in [1.54, 1.807) is 6.07 Å². The Bertz CT molecular complexity index is 1090. The molecule has 2 aromatic carbocycles. The van der Waals surface area contributed by atoms with E-state index in [0.717, 1.165) is 56.7 Å². The lowest BCUT2D eigenvalue weighted by atomic mass is 9.48. The number of aliphatic hydroxyl groups is 1. The van der Waals surface area contributed by atoms with Crippen molar-refractivity contribution in [3.63, 3.8) is 0 Å². The summed E-state index contributed by atoms with van der Waals surface area (Å²) in [5, 5.41) is 21.9. The Balaban J connectivity index is 1.28. The van der Waals surface area contributed by atoms with Gasteiger partial charge in [0.1, 0.15) is 6.10 Å². The van der Waals surface area contributed by atoms with Gasteiger partial charge in [0.15, 0.2) is 11.5 Å². The highest BCUT2D eigenvalue weighted by atomic mass is 16.5. The number of piperidine rings is 1. The molecule has 2 aliphatic heterocycles. The fraction of sp³-hybridized carbons (Fsp3) is 0.586. The highest BCUT2D eigenvalue weighted by molar-refractivity contribution is 5.62. The third kappa shape index (κ3) is 2.90. The predicted molar refractivity (Wildman–Crippen MR) is 129 cm³/mol. The molecule has 2 N–H and O–H groups in total. The number of rotatable bonds is 7. The first-order chi connectivity index (χ1) is 16.6. The summed E-state index contributed by atoms with van der Waals surface area (Å²) < 4.78 is 13.6. The van der Waals surface area contributed by atoms with Crippen molar-refractivity contribution in [1.29, 1.82) is 0 Å². The number of aliphatic hydroxyl groups excluding tert-OH is 1. The molecule has 34 heavy (non-hydrogen) atoms. The second-order valence-electron chi connectivity index (χ2n) is 11.3. The Kier molecular flexibility index (Phi) is 4.81. The van der Waals surface area contributed by atoms with Crippen molar-refractivity contribution >= 4 is 0 Å². The van der Waals surface area contributed by atoms with Gasteiger partial charge in [-0.15, -0.1) is 0 Å². The van der Waals surface area contributed by atoms with Crippen molar-refractivity contribution < 1.29 is 19.7 Å². The molecule has 0 amide bonds. The quantitative estimate of drug-likeness (QED) is 0.611. The minimum atomic E-state index is -0.533. The molecule has 5 heteroatoms. The fourth-order valence-corrected chi connectivity index (χ4v) is 7.90. The number of likely N-dealkylation sites (tertiary alicyclic amines) is 1. The van der Waals surface area contributed by atoms with Gasteiger partial charge in [0.25, 0.3) is 0 Å². The van der Waals surface area contributed by atoms with E-state index in [9.17, 15) is 10.2 Å². The van der Waals surface area contributed by atoms with Crippen molar-refractivity contribution in [1.82, 2.24) is 4.90 Å². The van der Waals surface area contributed by atoms with Gasteiger partial charge in [0, 0.05) is 24.8 Å². The normalized spacial score (nSPS) is 35.6. The monoisotopic (exact) mass is 461 g/mol. The summed E-state index contributed by atoms with van der Waals surface area (Å²) in [6.45, 7) is 2.87. The van der Waals surface area contributed by atoms with Crippen LogP contribution in [0.2, 0.25) is 0 Å². The Morgan fingerprint density at radius 3 is 2.74 bits per heavy atom. The molecule has 2 aromatic rings. The molecule has 5 atom stereocenters. The van der Waals surface area contributed by atoms with Gasteiger partial charge in [-0.2, -0.15) is 0 Å². The summed E-state index contributed by atoms with van der Waals surface area (Å²) in [6, 6.07) is 14.8. The predicted octanol–water partition coefficient (Wildman–Crippen LogP) is 3.97. The lowest BCUT2D eigenvalue weighted by Gasteiger charge is -2.65. The van der Waals surface area contributed by atoms with Crippen molar-refractivity contribution in [2.45, 2.75) is 80.6 Å². The zero-order valence-corrected chi connectivity index (χ0v) is 19.8. The van der Waals surface area contributed by atoms with Gasteiger partial charge in [-0.05, 0) is 81.0 Å². The van der Waals surface area contributed by atoms with Crippen LogP contribution in [-0.2, 0) is 23.0 Å². The summed E-state index contributed by atoms with van der Waals surface area (Å²) in [7, 11) is 0. The Morgan fingerprint density at radius 1 is 1.06 bits per heavy atom. The van der Waals surface area contributed by atoms with Crippen molar-refractivity contribution in [2.75, 3.05) is 19.7 Å². The third-order valence-corrected chi connectivity index (χ3v) is 9.50. The number of aromatic hydroxyl groups is 1. The smallest absolute Gasteiger partial charge is 0.165 e. The molecular formula is C29H35NO4. The van der Waals surface area contributed by atoms with Crippen LogP contribution in [0.5, 0.6) is 11.5 Å². The number of hydrogen-bond acceptors (Lipinski definition) is 5. The first kappa shape index (κ1) is 21.2. The van der Waals surface area contributed by atoms with Crippen molar-refractivity contribution in [3.05, 3.63) is 59.2 Å². The van der Waals surface area contributed by atoms with E-state index in [1.807, 2.05) is 0 Å². The summed E-state index contributed by atoms with van der Waals surface area (Å²) in [4.78, 5) is 2.71. The van der Waals surface area contributed by atoms with E-state index in [4.69, 9.17) is 9.47 Å². The van der Waals surface area contributed by atoms with E-state index in [2.05, 4.69) is 41.3 Å². The van der Waals surface area contributed by atoms with Crippen molar-refractivity contribution in [2.24, 2.45) is 5.92 Å². The largest absolute Gasteiger partial charge is 0.504 e. The van der Waals surface area contributed by atoms with Crippen LogP contribution in [0.4, 0.5) is 0 Å². The molecule has 1 saturated heterocycles. The molecule has 7 rings (SSSR count). The highest BCUT2D eigenvalue weighted by Gasteiger charge is 2.74. The average molecular weight is 462 g/mol. The van der Waals surface area contributed by atoms with Gasteiger partial charge in [-0.25, -0.2) is 0 Å². The molecule has 2 heterocycles. The minimum Gasteiger partial charge on any atom is -0.504 e. The highest BCUT2D eigenvalue weighted by Crippen LogP contribution is 2.66. The van der Waals surface area contributed by atoms with Gasteiger partial charge in [0.05, 0.1) is 17.1 Å². The lowest BCUT2D eigenvalue weighted by molar-refractivity contribution is -0.233. The van der Waals surface area contributed by atoms with E-state index < -0.39 is 6.10 Å². The zero-order valence-electron chi connectivity index (χ0n) is 19.8. The molecule has 0 radical (unpaired) electrons. The van der Waals surface area contributed by atoms with Crippen LogP contribution in [0.15, 0.2) is 42.5 Å². The standard InChI is InChI=1S/C29H35NO4/c31-22-11-10-21-17-24-29(33-16-4-7-19-5-2-1-3-6-19)13-12-23(32)27-28(29,25(21)26(22)34-27)14-15-30(24)18-20-8-9-20/h1-3,5-6,10-11,20,23-24,27,31-32H,4,7-9,12-18H2/t23-,24?,27+,28+,29-/m1/s1. The van der Waals surface area contributed by atoms with Gasteiger partial charge in [0.2, 0.25) is 0 Å².